The fraction of sp³-hybridized carbons (Fsp3) is 0.548. The predicted octanol–water partition coefficient (Wildman–Crippen LogP) is 0.221. The molecule has 14 nitrogen and oxygen atoms in total. The number of aliphatic hydroxyl groups is 4. The van der Waals surface area contributed by atoms with Crippen molar-refractivity contribution < 1.29 is 68.3 Å². The van der Waals surface area contributed by atoms with Crippen molar-refractivity contribution in [2.45, 2.75) is 73.8 Å². The number of hydrogen-bond donors (Lipinski definition) is 5. The Hall–Kier alpha value is -3.34. The first-order valence-electron chi connectivity index (χ1n) is 14.6. The first-order valence-corrected chi connectivity index (χ1v) is 14.6. The SMILES string of the molecule is COc1cc(C(=O)OC[C@H]2O[C@@H](O[C@@]34C[C@H]5[C@@]3(COC(=O)c3ccccc3)[C@@H]3O[C@]5(O)C[C@]4(C)O3)[C@H](O)[C@@H](O)[C@@H]2O)ccc1O. The van der Waals surface area contributed by atoms with Gasteiger partial charge in [-0.2, -0.15) is 0 Å². The number of phenols is 1. The Bertz CT molecular complexity index is 1500. The van der Waals surface area contributed by atoms with Gasteiger partial charge in [0.1, 0.15) is 48.8 Å². The first kappa shape index (κ1) is 30.3. The molecule has 4 saturated heterocycles. The van der Waals surface area contributed by atoms with Crippen LogP contribution in [0.5, 0.6) is 11.5 Å². The van der Waals surface area contributed by atoms with Crippen LogP contribution in [0.2, 0.25) is 0 Å². The second kappa shape index (κ2) is 10.3. The van der Waals surface area contributed by atoms with E-state index >= 15 is 0 Å². The zero-order chi connectivity index (χ0) is 31.9. The van der Waals surface area contributed by atoms with Crippen LogP contribution in [0.4, 0.5) is 0 Å². The summed E-state index contributed by atoms with van der Waals surface area (Å²) < 4.78 is 40.7. The predicted molar refractivity (Wildman–Crippen MR) is 147 cm³/mol. The Morgan fingerprint density at radius 3 is 2.42 bits per heavy atom. The van der Waals surface area contributed by atoms with Crippen molar-refractivity contribution in [2.24, 2.45) is 11.3 Å². The molecule has 3 saturated carbocycles. The van der Waals surface area contributed by atoms with Crippen LogP contribution in [0.15, 0.2) is 48.5 Å². The second-order valence-corrected chi connectivity index (χ2v) is 12.5. The number of carbonyl (C=O) groups is 2. The van der Waals surface area contributed by atoms with Crippen molar-refractivity contribution in [1.29, 1.82) is 0 Å². The van der Waals surface area contributed by atoms with Crippen molar-refractivity contribution in [1.82, 2.24) is 0 Å². The molecule has 2 aromatic carbocycles. The number of aliphatic hydroxyl groups excluding tert-OH is 3. The number of methoxy groups -OCH3 is 1. The molecule has 4 aliphatic heterocycles. The molecule has 9 rings (SSSR count). The van der Waals surface area contributed by atoms with Gasteiger partial charge < -0.3 is 58.7 Å². The van der Waals surface area contributed by atoms with Crippen LogP contribution < -0.4 is 4.74 Å². The molecule has 0 aromatic heterocycles. The molecule has 14 heteroatoms. The summed E-state index contributed by atoms with van der Waals surface area (Å²) in [6, 6.07) is 12.2. The fourth-order valence-electron chi connectivity index (χ4n) is 7.91. The average Bonchev–Trinajstić information content (AvgIpc) is 3.22. The van der Waals surface area contributed by atoms with Crippen LogP contribution in [0, 0.1) is 11.3 Å². The van der Waals surface area contributed by atoms with E-state index in [2.05, 4.69) is 0 Å². The normalized spacial score (nSPS) is 42.2. The van der Waals surface area contributed by atoms with Gasteiger partial charge in [-0.3, -0.25) is 0 Å². The molecule has 0 unspecified atom stereocenters. The largest absolute Gasteiger partial charge is 0.504 e. The highest BCUT2D eigenvalue weighted by Gasteiger charge is 2.94. The second-order valence-electron chi connectivity index (χ2n) is 12.5. The fourth-order valence-corrected chi connectivity index (χ4v) is 7.91. The van der Waals surface area contributed by atoms with Gasteiger partial charge in [0.15, 0.2) is 29.9 Å². The van der Waals surface area contributed by atoms with E-state index in [1.807, 2.05) is 0 Å². The minimum atomic E-state index is -1.75. The molecule has 6 bridgehead atoms. The van der Waals surface area contributed by atoms with Gasteiger partial charge in [-0.1, -0.05) is 18.2 Å². The number of ether oxygens (including phenoxy) is 7. The van der Waals surface area contributed by atoms with E-state index in [4.69, 9.17) is 33.2 Å². The van der Waals surface area contributed by atoms with E-state index in [1.165, 1.54) is 25.3 Å². The summed E-state index contributed by atoms with van der Waals surface area (Å²) >= 11 is 0. The Morgan fingerprint density at radius 2 is 1.69 bits per heavy atom. The van der Waals surface area contributed by atoms with Gasteiger partial charge in [-0.25, -0.2) is 9.59 Å². The highest BCUT2D eigenvalue weighted by molar-refractivity contribution is 5.90. The molecule has 0 amide bonds. The van der Waals surface area contributed by atoms with Crippen molar-refractivity contribution in [2.75, 3.05) is 20.3 Å². The Morgan fingerprint density at radius 1 is 0.956 bits per heavy atom. The number of hydrogen-bond acceptors (Lipinski definition) is 14. The molecular weight excluding hydrogens is 596 g/mol. The monoisotopic (exact) mass is 630 g/mol. The standard InChI is InChI=1S/C31H34O14/c1-28-13-30(38)20-11-31(28,29(20,27(44-28)45-30)14-41-24(36)15-6-4-3-5-7-15)43-26-23(35)22(34)21(33)19(42-26)12-40-25(37)16-8-9-17(32)18(10-16)39-2/h3-10,19-23,26-27,32-35,38H,11-14H2,1-2H3/t19-,20+,21-,22+,23-,26+,27+,28+,29+,30-,31-/m1/s1. The number of carbonyl (C=O) groups excluding carboxylic acids is 2. The summed E-state index contributed by atoms with van der Waals surface area (Å²) in [5.74, 6) is -3.62. The number of rotatable bonds is 9. The van der Waals surface area contributed by atoms with E-state index in [-0.39, 0.29) is 36.5 Å². The van der Waals surface area contributed by atoms with Crippen LogP contribution in [-0.4, -0.2) is 112 Å². The Kier molecular flexibility index (Phi) is 6.96. The van der Waals surface area contributed by atoms with Crippen molar-refractivity contribution >= 4 is 11.9 Å². The van der Waals surface area contributed by atoms with Crippen LogP contribution in [-0.2, 0) is 28.4 Å². The molecular formula is C31H34O14. The molecule has 0 radical (unpaired) electrons. The van der Waals surface area contributed by atoms with Gasteiger partial charge in [0, 0.05) is 12.3 Å². The summed E-state index contributed by atoms with van der Waals surface area (Å²) in [5.41, 5.74) is -3.26. The minimum Gasteiger partial charge on any atom is -0.504 e. The van der Waals surface area contributed by atoms with Crippen molar-refractivity contribution in [3.05, 3.63) is 59.7 Å². The molecule has 11 atom stereocenters. The molecule has 7 aliphatic rings. The maximum absolute atomic E-state index is 12.9. The third kappa shape index (κ3) is 4.17. The van der Waals surface area contributed by atoms with Crippen LogP contribution >= 0.6 is 0 Å². The lowest BCUT2D eigenvalue weighted by Crippen LogP contribution is -2.80. The quantitative estimate of drug-likeness (QED) is 0.236. The summed E-state index contributed by atoms with van der Waals surface area (Å²) in [5, 5.41) is 53.6. The van der Waals surface area contributed by atoms with Crippen LogP contribution in [0.1, 0.15) is 40.5 Å². The summed E-state index contributed by atoms with van der Waals surface area (Å²) in [7, 11) is 1.32. The first-order chi connectivity index (χ1) is 21.4. The van der Waals surface area contributed by atoms with E-state index < -0.39 is 83.9 Å². The third-order valence-corrected chi connectivity index (χ3v) is 10.2. The van der Waals surface area contributed by atoms with Gasteiger partial charge in [0.25, 0.3) is 0 Å². The maximum Gasteiger partial charge on any atom is 0.338 e. The third-order valence-electron chi connectivity index (χ3n) is 10.2. The Balaban J connectivity index is 1.11. The summed E-state index contributed by atoms with van der Waals surface area (Å²) in [6.45, 7) is 0.968. The lowest BCUT2D eigenvalue weighted by atomic mass is 9.41. The van der Waals surface area contributed by atoms with E-state index in [1.54, 1.807) is 37.3 Å². The number of aromatic hydroxyl groups is 1. The minimum absolute atomic E-state index is 0.0284. The van der Waals surface area contributed by atoms with Crippen LogP contribution in [0.25, 0.3) is 0 Å². The lowest BCUT2D eigenvalue weighted by Gasteiger charge is -2.67. The zero-order valence-corrected chi connectivity index (χ0v) is 24.4. The molecule has 45 heavy (non-hydrogen) atoms. The van der Waals surface area contributed by atoms with E-state index in [0.717, 1.165) is 0 Å². The lowest BCUT2D eigenvalue weighted by molar-refractivity contribution is -0.424. The molecule has 4 heterocycles. The number of esters is 2. The van der Waals surface area contributed by atoms with Gasteiger partial charge >= 0.3 is 11.9 Å². The topological polar surface area (TPSA) is 200 Å². The maximum atomic E-state index is 12.9. The zero-order valence-electron chi connectivity index (χ0n) is 24.4. The molecule has 2 aromatic rings. The summed E-state index contributed by atoms with van der Waals surface area (Å²) in [6.07, 6.45) is -8.76. The molecule has 5 N–H and O–H groups in total. The van der Waals surface area contributed by atoms with Crippen molar-refractivity contribution in [3.63, 3.8) is 0 Å². The highest BCUT2D eigenvalue weighted by Crippen LogP contribution is 2.81. The molecule has 7 fully saturated rings. The highest BCUT2D eigenvalue weighted by atomic mass is 16.8. The van der Waals surface area contributed by atoms with E-state index in [0.29, 0.717) is 5.56 Å². The average molecular weight is 631 g/mol. The number of phenolic OH excluding ortho intramolecular Hbond substituents is 1. The van der Waals surface area contributed by atoms with E-state index in [9.17, 15) is 35.1 Å². The molecule has 3 aliphatic carbocycles. The molecule has 242 valence electrons. The number of benzene rings is 2. The summed E-state index contributed by atoms with van der Waals surface area (Å²) in [4.78, 5) is 25.6. The van der Waals surface area contributed by atoms with Gasteiger partial charge in [0.05, 0.1) is 23.7 Å². The van der Waals surface area contributed by atoms with Crippen molar-refractivity contribution in [3.8, 4) is 11.5 Å². The smallest absolute Gasteiger partial charge is 0.338 e. The van der Waals surface area contributed by atoms with Crippen LogP contribution in [0.3, 0.4) is 0 Å². The van der Waals surface area contributed by atoms with Gasteiger partial charge in [0.2, 0.25) is 0 Å². The van der Waals surface area contributed by atoms with Gasteiger partial charge in [-0.15, -0.1) is 0 Å². The van der Waals surface area contributed by atoms with Gasteiger partial charge in [-0.05, 0) is 43.7 Å². The Labute approximate surface area is 256 Å². The molecule has 0 spiro atoms.